The number of aliphatic carboxylic acids is 1. The second kappa shape index (κ2) is 13.1. The molecular weight excluding hydrogens is 578 g/mol. The molecule has 45 heavy (non-hydrogen) atoms. The highest BCUT2D eigenvalue weighted by atomic mass is 16.6. The van der Waals surface area contributed by atoms with Gasteiger partial charge in [0.2, 0.25) is 11.8 Å². The number of nitrogens with one attached hydrogen (secondary N) is 3. The first-order chi connectivity index (χ1) is 21.4. The third kappa shape index (κ3) is 7.59. The van der Waals surface area contributed by atoms with Gasteiger partial charge in [0.25, 0.3) is 0 Å². The van der Waals surface area contributed by atoms with E-state index < -0.39 is 59.2 Å². The lowest BCUT2D eigenvalue weighted by Crippen LogP contribution is -2.58. The van der Waals surface area contributed by atoms with Crippen molar-refractivity contribution in [2.24, 2.45) is 5.92 Å². The van der Waals surface area contributed by atoms with Crippen LogP contribution in [0.1, 0.15) is 76.8 Å². The lowest BCUT2D eigenvalue weighted by molar-refractivity contribution is -0.145. The second-order valence-electron chi connectivity index (χ2n) is 13.7. The Labute approximate surface area is 263 Å². The fraction of sp³-hybridized carbons (Fsp3) is 0.606. The van der Waals surface area contributed by atoms with Gasteiger partial charge in [0.15, 0.2) is 0 Å². The van der Waals surface area contributed by atoms with E-state index in [1.165, 1.54) is 10.5 Å². The molecule has 1 aromatic carbocycles. The number of urea groups is 1. The number of hydrogen-bond donors (Lipinski definition) is 4. The van der Waals surface area contributed by atoms with Crippen LogP contribution in [0.2, 0.25) is 0 Å². The molecule has 3 aliphatic heterocycles. The highest BCUT2D eigenvalue weighted by molar-refractivity contribution is 5.96. The lowest BCUT2D eigenvalue weighted by atomic mass is 10.0. The molecule has 5 rings (SSSR count). The van der Waals surface area contributed by atoms with Gasteiger partial charge >= 0.3 is 18.1 Å². The maximum atomic E-state index is 14.1. The molecule has 1 aliphatic carbocycles. The van der Waals surface area contributed by atoms with E-state index in [2.05, 4.69) is 16.0 Å². The number of ether oxygens (including phenoxy) is 1. The fourth-order valence-electron chi connectivity index (χ4n) is 6.55. The Morgan fingerprint density at radius 1 is 1.09 bits per heavy atom. The minimum Gasteiger partial charge on any atom is -0.479 e. The van der Waals surface area contributed by atoms with Gasteiger partial charge in [0.05, 0.1) is 6.54 Å². The molecule has 5 atom stereocenters. The maximum absolute atomic E-state index is 14.1. The summed E-state index contributed by atoms with van der Waals surface area (Å²) in [5.74, 6) is -2.55. The van der Waals surface area contributed by atoms with Crippen molar-refractivity contribution < 1.29 is 33.8 Å². The number of hydrogen-bond acceptors (Lipinski definition) is 6. The van der Waals surface area contributed by atoms with Crippen LogP contribution in [0.5, 0.6) is 0 Å². The van der Waals surface area contributed by atoms with Crippen molar-refractivity contribution in [3.63, 3.8) is 0 Å². The molecule has 12 heteroatoms. The number of rotatable bonds is 3. The van der Waals surface area contributed by atoms with Crippen LogP contribution in [-0.2, 0) is 32.1 Å². The Morgan fingerprint density at radius 2 is 1.84 bits per heavy atom. The van der Waals surface area contributed by atoms with Gasteiger partial charge in [-0.05, 0) is 64.0 Å². The van der Waals surface area contributed by atoms with E-state index in [0.717, 1.165) is 24.8 Å². The maximum Gasteiger partial charge on any atom is 0.410 e. The molecule has 0 radical (unpaired) electrons. The van der Waals surface area contributed by atoms with Crippen molar-refractivity contribution >= 4 is 29.9 Å². The standard InChI is InChI=1S/C33H45N5O7/c1-32(2,3)36-30(43)34-25-14-8-6-4-5-7-13-23-18-33(23,29(41)42)35-27(39)26-17-24(20-38(26)28(25)40)45-31(44)37-16-15-21-11-9-10-12-22(21)19-37/h7,9-13,23-26H,4-6,8,14-20H2,1-3H3,(H,35,39)(H,41,42)(H2,34,36,43)/b13-7-/t23-,24-,25+,26+,33-/m1/s1. The quantitative estimate of drug-likeness (QED) is 0.377. The monoisotopic (exact) mass is 623 g/mol. The van der Waals surface area contributed by atoms with Gasteiger partial charge in [-0.3, -0.25) is 9.59 Å². The van der Waals surface area contributed by atoms with Crippen molar-refractivity contribution in [3.05, 3.63) is 47.5 Å². The molecule has 1 saturated heterocycles. The molecule has 0 spiro atoms. The normalized spacial score (nSPS) is 29.5. The molecule has 0 bridgehead atoms. The summed E-state index contributed by atoms with van der Waals surface area (Å²) in [5.41, 5.74) is 0.257. The number of allylic oxidation sites excluding steroid dienone is 1. The third-order valence-corrected chi connectivity index (χ3v) is 9.07. The number of amides is 5. The van der Waals surface area contributed by atoms with Crippen molar-refractivity contribution in [1.29, 1.82) is 0 Å². The summed E-state index contributed by atoms with van der Waals surface area (Å²) in [6.07, 6.45) is 6.91. The first-order valence-corrected chi connectivity index (χ1v) is 16.0. The molecule has 1 aromatic rings. The molecule has 3 heterocycles. The Balaban J connectivity index is 1.36. The average Bonchev–Trinajstić information content (AvgIpc) is 3.51. The van der Waals surface area contributed by atoms with Gasteiger partial charge in [-0.15, -0.1) is 0 Å². The zero-order valence-corrected chi connectivity index (χ0v) is 26.3. The molecule has 4 aliphatic rings. The summed E-state index contributed by atoms with van der Waals surface area (Å²) in [6, 6.07) is 5.43. The fourth-order valence-corrected chi connectivity index (χ4v) is 6.55. The predicted molar refractivity (Wildman–Crippen MR) is 165 cm³/mol. The minimum absolute atomic E-state index is 0.0187. The van der Waals surface area contributed by atoms with Crippen molar-refractivity contribution in [2.75, 3.05) is 13.1 Å². The zero-order valence-electron chi connectivity index (χ0n) is 26.3. The number of nitrogens with zero attached hydrogens (tertiary/aromatic N) is 2. The Hall–Kier alpha value is -4.09. The van der Waals surface area contributed by atoms with Gasteiger partial charge in [-0.1, -0.05) is 49.3 Å². The van der Waals surface area contributed by atoms with Crippen molar-refractivity contribution in [1.82, 2.24) is 25.8 Å². The SMILES string of the molecule is CC(C)(C)NC(=O)N[C@H]1CCCCC/C=C\[C@@H]2C[C@@]2(C(=O)O)NC(=O)[C@@H]2C[C@@H](OC(=O)N3CCc4ccccc4C3)CN2C1=O. The molecule has 0 unspecified atom stereocenters. The van der Waals surface area contributed by atoms with Gasteiger partial charge < -0.3 is 35.6 Å². The van der Waals surface area contributed by atoms with E-state index in [9.17, 15) is 29.1 Å². The third-order valence-electron chi connectivity index (χ3n) is 9.07. The van der Waals surface area contributed by atoms with Crippen LogP contribution in [0.3, 0.4) is 0 Å². The van der Waals surface area contributed by atoms with Crippen LogP contribution in [0.4, 0.5) is 9.59 Å². The van der Waals surface area contributed by atoms with Crippen LogP contribution in [0, 0.1) is 5.92 Å². The van der Waals surface area contributed by atoms with Crippen LogP contribution in [0.25, 0.3) is 0 Å². The summed E-state index contributed by atoms with van der Waals surface area (Å²) in [7, 11) is 0. The Kier molecular flexibility index (Phi) is 9.41. The number of benzene rings is 1. The molecular formula is C33H45N5O7. The largest absolute Gasteiger partial charge is 0.479 e. The number of fused-ring (bicyclic) bond motifs is 3. The van der Waals surface area contributed by atoms with Gasteiger partial charge in [0, 0.05) is 31.0 Å². The van der Waals surface area contributed by atoms with Crippen molar-refractivity contribution in [3.8, 4) is 0 Å². The minimum atomic E-state index is -1.44. The molecule has 4 N–H and O–H groups in total. The van der Waals surface area contributed by atoms with E-state index in [1.54, 1.807) is 4.90 Å². The summed E-state index contributed by atoms with van der Waals surface area (Å²) in [5, 5.41) is 18.4. The van der Waals surface area contributed by atoms with E-state index in [1.807, 2.05) is 57.2 Å². The number of carbonyl (C=O) groups excluding carboxylic acids is 4. The molecule has 5 amide bonds. The topological polar surface area (TPSA) is 157 Å². The Morgan fingerprint density at radius 3 is 2.58 bits per heavy atom. The van der Waals surface area contributed by atoms with Crippen LogP contribution < -0.4 is 16.0 Å². The number of carboxylic acids is 1. The predicted octanol–water partition coefficient (Wildman–Crippen LogP) is 3.10. The molecule has 1 saturated carbocycles. The number of carbonyl (C=O) groups is 5. The second-order valence-corrected chi connectivity index (χ2v) is 13.7. The van der Waals surface area contributed by atoms with Crippen molar-refractivity contribution in [2.45, 2.75) is 108 Å². The van der Waals surface area contributed by atoms with E-state index >= 15 is 0 Å². The average molecular weight is 624 g/mol. The van der Waals surface area contributed by atoms with E-state index in [0.29, 0.717) is 32.4 Å². The van der Waals surface area contributed by atoms with Crippen LogP contribution >= 0.6 is 0 Å². The van der Waals surface area contributed by atoms with Gasteiger partial charge in [-0.25, -0.2) is 14.4 Å². The first-order valence-electron chi connectivity index (χ1n) is 16.0. The lowest BCUT2D eigenvalue weighted by Gasteiger charge is -2.30. The summed E-state index contributed by atoms with van der Waals surface area (Å²) >= 11 is 0. The molecule has 12 nitrogen and oxygen atoms in total. The highest BCUT2D eigenvalue weighted by Crippen LogP contribution is 2.45. The summed E-state index contributed by atoms with van der Waals surface area (Å²) < 4.78 is 5.88. The number of carboxylic acid groups (broad SMARTS) is 1. The molecule has 2 fully saturated rings. The van der Waals surface area contributed by atoms with Crippen LogP contribution in [-0.4, -0.2) is 87.2 Å². The Bertz CT molecular complexity index is 1360. The van der Waals surface area contributed by atoms with Gasteiger partial charge in [-0.2, -0.15) is 0 Å². The molecule has 244 valence electrons. The zero-order chi connectivity index (χ0) is 32.4. The van der Waals surface area contributed by atoms with E-state index in [-0.39, 0.29) is 25.3 Å². The first kappa shape index (κ1) is 32.3. The molecule has 0 aromatic heterocycles. The van der Waals surface area contributed by atoms with Crippen LogP contribution in [0.15, 0.2) is 36.4 Å². The van der Waals surface area contributed by atoms with Gasteiger partial charge in [0.1, 0.15) is 23.7 Å². The van der Waals surface area contributed by atoms with E-state index in [4.69, 9.17) is 4.74 Å². The summed E-state index contributed by atoms with van der Waals surface area (Å²) in [4.78, 5) is 69.3. The highest BCUT2D eigenvalue weighted by Gasteiger charge is 2.61. The smallest absolute Gasteiger partial charge is 0.410 e. The summed E-state index contributed by atoms with van der Waals surface area (Å²) in [6.45, 7) is 6.35.